The van der Waals surface area contributed by atoms with Gasteiger partial charge in [-0.15, -0.1) is 0 Å². The van der Waals surface area contributed by atoms with E-state index in [9.17, 15) is 9.90 Å². The summed E-state index contributed by atoms with van der Waals surface area (Å²) in [5.74, 6) is -0.435. The molecule has 2 rings (SSSR count). The number of aliphatic hydroxyl groups is 1. The Labute approximate surface area is 161 Å². The highest BCUT2D eigenvalue weighted by Crippen LogP contribution is 2.36. The zero-order valence-electron chi connectivity index (χ0n) is 16.6. The molecule has 1 atom stereocenters. The van der Waals surface area contributed by atoms with Gasteiger partial charge >= 0.3 is 5.97 Å². The summed E-state index contributed by atoms with van der Waals surface area (Å²) in [6.45, 7) is 8.86. The summed E-state index contributed by atoms with van der Waals surface area (Å²) < 4.78 is 5.20. The Morgan fingerprint density at radius 1 is 1.22 bits per heavy atom. The molecule has 4 N–H and O–H groups in total. The van der Waals surface area contributed by atoms with Crippen LogP contribution in [-0.4, -0.2) is 24.2 Å². The monoisotopic (exact) mass is 370 g/mol. The average molecular weight is 370 g/mol. The molecule has 2 aromatic rings. The van der Waals surface area contributed by atoms with E-state index in [0.29, 0.717) is 12.3 Å². The zero-order chi connectivity index (χ0) is 20.0. The number of aliphatic hydroxyl groups excluding tert-OH is 1. The number of nitrogens with one attached hydrogen (secondary N) is 1. The van der Waals surface area contributed by atoms with Crippen LogP contribution in [0.15, 0.2) is 30.3 Å². The first-order chi connectivity index (χ1) is 12.9. The van der Waals surface area contributed by atoms with Gasteiger partial charge in [0.15, 0.2) is 0 Å². The molecule has 0 fully saturated rings. The van der Waals surface area contributed by atoms with Crippen molar-refractivity contribution in [1.29, 1.82) is 0 Å². The van der Waals surface area contributed by atoms with Gasteiger partial charge in [-0.1, -0.05) is 24.3 Å². The van der Waals surface area contributed by atoms with Crippen molar-refractivity contribution >= 4 is 17.3 Å². The van der Waals surface area contributed by atoms with Gasteiger partial charge in [-0.05, 0) is 61.6 Å². The number of rotatable bonds is 8. The van der Waals surface area contributed by atoms with Crippen LogP contribution in [0.1, 0.15) is 54.0 Å². The number of carbonyl (C=O) groups is 1. The SMILES string of the molecule is CCNc1ccc(C(CC(=O)OCC)c2ccc(C)c(CO)c2)c(C)c1N. The second-order valence-corrected chi connectivity index (χ2v) is 6.68. The number of anilines is 2. The summed E-state index contributed by atoms with van der Waals surface area (Å²) in [6, 6.07) is 9.93. The minimum Gasteiger partial charge on any atom is -0.466 e. The number of nitrogen functional groups attached to an aromatic ring is 1. The fourth-order valence-electron chi connectivity index (χ4n) is 3.34. The van der Waals surface area contributed by atoms with Crippen molar-refractivity contribution in [3.05, 3.63) is 58.1 Å². The number of aryl methyl sites for hydroxylation is 1. The first-order valence-corrected chi connectivity index (χ1v) is 9.41. The molecule has 0 bridgehead atoms. The smallest absolute Gasteiger partial charge is 0.306 e. The number of hydrogen-bond acceptors (Lipinski definition) is 5. The summed E-state index contributed by atoms with van der Waals surface area (Å²) in [7, 11) is 0. The van der Waals surface area contributed by atoms with E-state index >= 15 is 0 Å². The Balaban J connectivity index is 2.53. The third-order valence-corrected chi connectivity index (χ3v) is 4.92. The van der Waals surface area contributed by atoms with E-state index in [4.69, 9.17) is 10.5 Å². The first kappa shape index (κ1) is 20.8. The summed E-state index contributed by atoms with van der Waals surface area (Å²) in [6.07, 6.45) is 0.225. The molecule has 0 aliphatic carbocycles. The molecule has 0 amide bonds. The lowest BCUT2D eigenvalue weighted by Gasteiger charge is -2.23. The van der Waals surface area contributed by atoms with E-state index in [-0.39, 0.29) is 24.9 Å². The predicted octanol–water partition coefficient (Wildman–Crippen LogP) is 3.89. The second-order valence-electron chi connectivity index (χ2n) is 6.68. The molecule has 5 heteroatoms. The Morgan fingerprint density at radius 3 is 2.59 bits per heavy atom. The average Bonchev–Trinajstić information content (AvgIpc) is 2.65. The maximum Gasteiger partial charge on any atom is 0.306 e. The van der Waals surface area contributed by atoms with E-state index in [1.807, 2.05) is 51.1 Å². The van der Waals surface area contributed by atoms with Crippen molar-refractivity contribution in [3.63, 3.8) is 0 Å². The van der Waals surface area contributed by atoms with Crippen LogP contribution in [-0.2, 0) is 16.1 Å². The summed E-state index contributed by atoms with van der Waals surface area (Å²) >= 11 is 0. The van der Waals surface area contributed by atoms with Gasteiger partial charge in [0.25, 0.3) is 0 Å². The quantitative estimate of drug-likeness (QED) is 0.485. The summed E-state index contributed by atoms with van der Waals surface area (Å²) in [5.41, 5.74) is 12.7. The zero-order valence-corrected chi connectivity index (χ0v) is 16.6. The normalized spacial score (nSPS) is 11.9. The molecule has 0 saturated carbocycles. The molecule has 27 heavy (non-hydrogen) atoms. The predicted molar refractivity (Wildman–Crippen MR) is 110 cm³/mol. The third kappa shape index (κ3) is 4.80. The minimum absolute atomic E-state index is 0.0354. The highest BCUT2D eigenvalue weighted by Gasteiger charge is 2.23. The molecular formula is C22H30N2O3. The standard InChI is InChI=1S/C22H30N2O3/c1-5-24-20-10-9-18(15(4)22(20)23)19(12-21(26)27-6-2)16-8-7-14(3)17(11-16)13-25/h7-11,19,24-25H,5-6,12-13,23H2,1-4H3. The van der Waals surface area contributed by atoms with Gasteiger partial charge in [0.1, 0.15) is 0 Å². The molecule has 146 valence electrons. The topological polar surface area (TPSA) is 84.6 Å². The molecule has 0 aromatic heterocycles. The van der Waals surface area contributed by atoms with Crippen LogP contribution in [0, 0.1) is 13.8 Å². The van der Waals surface area contributed by atoms with Crippen molar-refractivity contribution in [2.24, 2.45) is 0 Å². The van der Waals surface area contributed by atoms with Gasteiger partial charge < -0.3 is 20.9 Å². The van der Waals surface area contributed by atoms with Crippen LogP contribution in [0.2, 0.25) is 0 Å². The fourth-order valence-corrected chi connectivity index (χ4v) is 3.34. The number of benzene rings is 2. The Morgan fingerprint density at radius 2 is 1.96 bits per heavy atom. The molecule has 1 unspecified atom stereocenters. The van der Waals surface area contributed by atoms with Crippen LogP contribution in [0.4, 0.5) is 11.4 Å². The summed E-state index contributed by atoms with van der Waals surface area (Å²) in [5, 5.41) is 12.9. The molecule has 5 nitrogen and oxygen atoms in total. The molecule has 0 spiro atoms. The van der Waals surface area contributed by atoms with E-state index < -0.39 is 0 Å². The Bertz CT molecular complexity index is 802. The van der Waals surface area contributed by atoms with Crippen LogP contribution < -0.4 is 11.1 Å². The van der Waals surface area contributed by atoms with Crippen molar-refractivity contribution in [2.45, 2.75) is 46.6 Å². The van der Waals surface area contributed by atoms with Gasteiger partial charge in [0.2, 0.25) is 0 Å². The van der Waals surface area contributed by atoms with Crippen molar-refractivity contribution in [1.82, 2.24) is 0 Å². The number of ether oxygens (including phenoxy) is 1. The molecule has 0 heterocycles. The van der Waals surface area contributed by atoms with Gasteiger partial charge in [0, 0.05) is 12.5 Å². The van der Waals surface area contributed by atoms with Gasteiger partial charge in [-0.2, -0.15) is 0 Å². The third-order valence-electron chi connectivity index (χ3n) is 4.92. The fraction of sp³-hybridized carbons (Fsp3) is 0.409. The van der Waals surface area contributed by atoms with Crippen LogP contribution in [0.3, 0.4) is 0 Å². The van der Waals surface area contributed by atoms with Crippen LogP contribution >= 0.6 is 0 Å². The van der Waals surface area contributed by atoms with E-state index in [1.54, 1.807) is 6.92 Å². The van der Waals surface area contributed by atoms with Crippen LogP contribution in [0.5, 0.6) is 0 Å². The van der Waals surface area contributed by atoms with Crippen molar-refractivity contribution < 1.29 is 14.6 Å². The Hall–Kier alpha value is -2.53. The lowest BCUT2D eigenvalue weighted by atomic mass is 9.84. The van der Waals surface area contributed by atoms with E-state index in [2.05, 4.69) is 5.32 Å². The second kappa shape index (κ2) is 9.42. The number of nitrogens with two attached hydrogens (primary N) is 1. The number of esters is 1. The van der Waals surface area contributed by atoms with Gasteiger partial charge in [-0.25, -0.2) is 0 Å². The minimum atomic E-state index is -0.248. The molecule has 0 aliphatic heterocycles. The highest BCUT2D eigenvalue weighted by atomic mass is 16.5. The highest BCUT2D eigenvalue weighted by molar-refractivity contribution is 5.75. The van der Waals surface area contributed by atoms with Gasteiger partial charge in [0.05, 0.1) is 31.0 Å². The Kier molecular flexibility index (Phi) is 7.25. The molecule has 0 saturated heterocycles. The molecule has 0 radical (unpaired) electrons. The van der Waals surface area contributed by atoms with Crippen LogP contribution in [0.25, 0.3) is 0 Å². The molecule has 2 aromatic carbocycles. The molecule has 0 aliphatic rings. The van der Waals surface area contributed by atoms with Crippen molar-refractivity contribution in [2.75, 3.05) is 24.2 Å². The number of carbonyl (C=O) groups excluding carboxylic acids is 1. The van der Waals surface area contributed by atoms with E-state index in [1.165, 1.54) is 0 Å². The maximum absolute atomic E-state index is 12.3. The van der Waals surface area contributed by atoms with Crippen molar-refractivity contribution in [3.8, 4) is 0 Å². The lowest BCUT2D eigenvalue weighted by Crippen LogP contribution is -2.14. The lowest BCUT2D eigenvalue weighted by molar-refractivity contribution is -0.143. The first-order valence-electron chi connectivity index (χ1n) is 9.41. The molecular weight excluding hydrogens is 340 g/mol. The summed E-state index contributed by atoms with van der Waals surface area (Å²) in [4.78, 5) is 12.3. The number of hydrogen-bond donors (Lipinski definition) is 3. The maximum atomic E-state index is 12.3. The van der Waals surface area contributed by atoms with Gasteiger partial charge in [-0.3, -0.25) is 4.79 Å². The van der Waals surface area contributed by atoms with E-state index in [0.717, 1.165) is 40.0 Å². The largest absolute Gasteiger partial charge is 0.466 e.